The van der Waals surface area contributed by atoms with Crippen LogP contribution >= 0.6 is 0 Å². The van der Waals surface area contributed by atoms with E-state index in [1.165, 1.54) is 6.08 Å². The molecule has 1 fully saturated rings. The Balaban J connectivity index is 1.81. The van der Waals surface area contributed by atoms with Gasteiger partial charge in [0.15, 0.2) is 0 Å². The van der Waals surface area contributed by atoms with Crippen molar-refractivity contribution >= 4 is 17.2 Å². The molecular weight excluding hydrogens is 438 g/mol. The number of halogens is 2. The quantitative estimate of drug-likeness (QED) is 0.447. The van der Waals surface area contributed by atoms with Crippen LogP contribution in [-0.2, 0) is 4.79 Å². The Hall–Kier alpha value is -3.13. The number of amides is 1. The first-order chi connectivity index (χ1) is 16.3. The van der Waals surface area contributed by atoms with Crippen molar-refractivity contribution in [1.82, 2.24) is 15.1 Å². The van der Waals surface area contributed by atoms with Crippen molar-refractivity contribution in [2.24, 2.45) is 5.92 Å². The van der Waals surface area contributed by atoms with Crippen molar-refractivity contribution in [3.05, 3.63) is 72.0 Å². The molecule has 0 aliphatic carbocycles. The Morgan fingerprint density at radius 1 is 1.29 bits per heavy atom. The van der Waals surface area contributed by atoms with Crippen LogP contribution in [-0.4, -0.2) is 47.2 Å². The van der Waals surface area contributed by atoms with Crippen molar-refractivity contribution < 1.29 is 18.0 Å². The average molecular weight is 471 g/mol. The molecule has 0 saturated carbocycles. The van der Waals surface area contributed by atoms with E-state index in [0.717, 1.165) is 49.3 Å². The monoisotopic (exact) mass is 470 g/mol. The van der Waals surface area contributed by atoms with Crippen molar-refractivity contribution in [2.75, 3.05) is 31.1 Å². The number of rotatable bonds is 9. The molecule has 0 bridgehead atoms. The molecule has 1 aliphatic rings. The van der Waals surface area contributed by atoms with Gasteiger partial charge in [-0.25, -0.2) is 0 Å². The van der Waals surface area contributed by atoms with Crippen LogP contribution in [0.25, 0.3) is 5.57 Å². The van der Waals surface area contributed by atoms with Crippen LogP contribution in [0.15, 0.2) is 59.1 Å². The molecule has 182 valence electrons. The molecule has 3 rings (SSSR count). The van der Waals surface area contributed by atoms with E-state index >= 15 is 0 Å². The van der Waals surface area contributed by atoms with Gasteiger partial charge < -0.3 is 14.2 Å². The second kappa shape index (κ2) is 11.8. The third-order valence-electron chi connectivity index (χ3n) is 6.01. The highest BCUT2D eigenvalue weighted by molar-refractivity contribution is 5.95. The molecule has 0 radical (unpaired) electrons. The van der Waals surface area contributed by atoms with Gasteiger partial charge in [0.2, 0.25) is 11.8 Å². The molecule has 1 aliphatic heterocycles. The lowest BCUT2D eigenvalue weighted by Crippen LogP contribution is -2.43. The largest absolute Gasteiger partial charge is 0.415 e. The predicted octanol–water partition coefficient (Wildman–Crippen LogP) is 5.60. The fourth-order valence-corrected chi connectivity index (χ4v) is 4.01. The maximum Gasteiger partial charge on any atom is 0.314 e. The van der Waals surface area contributed by atoms with E-state index in [-0.39, 0.29) is 17.7 Å². The van der Waals surface area contributed by atoms with E-state index in [0.29, 0.717) is 12.1 Å². The topological polar surface area (TPSA) is 62.5 Å². The van der Waals surface area contributed by atoms with E-state index in [4.69, 9.17) is 4.42 Å². The zero-order valence-corrected chi connectivity index (χ0v) is 20.0. The van der Waals surface area contributed by atoms with Crippen LogP contribution in [0.4, 0.5) is 14.5 Å². The number of anilines is 1. The number of carbonyl (C=O) groups is 1. The lowest BCUT2D eigenvalue weighted by molar-refractivity contribution is -0.123. The lowest BCUT2D eigenvalue weighted by Gasteiger charge is -2.34. The molecule has 0 spiro atoms. The van der Waals surface area contributed by atoms with Crippen molar-refractivity contribution in [3.8, 4) is 0 Å². The van der Waals surface area contributed by atoms with Gasteiger partial charge in [0.25, 0.3) is 5.89 Å². The summed E-state index contributed by atoms with van der Waals surface area (Å²) in [7, 11) is 0. The third kappa shape index (κ3) is 6.47. The number of nitrogens with zero attached hydrogens (tertiary/aromatic N) is 4. The van der Waals surface area contributed by atoms with Crippen LogP contribution in [0.5, 0.6) is 0 Å². The summed E-state index contributed by atoms with van der Waals surface area (Å²) in [6.07, 6.45) is 3.84. The first-order valence-corrected chi connectivity index (χ1v) is 11.5. The van der Waals surface area contributed by atoms with Gasteiger partial charge in [0.05, 0.1) is 0 Å². The zero-order chi connectivity index (χ0) is 24.7. The number of benzene rings is 1. The number of likely N-dealkylation sites (tertiary alicyclic amines) is 1. The Labute approximate surface area is 199 Å². The molecule has 34 heavy (non-hydrogen) atoms. The van der Waals surface area contributed by atoms with Crippen molar-refractivity contribution in [1.29, 1.82) is 0 Å². The van der Waals surface area contributed by atoms with Gasteiger partial charge in [-0.2, -0.15) is 8.78 Å². The van der Waals surface area contributed by atoms with E-state index in [9.17, 15) is 13.6 Å². The maximum absolute atomic E-state index is 13.6. The standard InChI is InChI=1S/C26H32F2N4O2/c1-5-20(24-29-30-25(34-24)23(27)28)11-10-19(4)17-32(22-9-7-8-18(3)16-22)26(33)21-12-14-31(6-2)15-13-21/h5,7-11,16,21,23H,1,6,12-15,17H2,2-4H3/b19-10+,20-11+. The summed E-state index contributed by atoms with van der Waals surface area (Å²) in [6, 6.07) is 7.93. The molecule has 0 N–H and O–H groups in total. The zero-order valence-electron chi connectivity index (χ0n) is 20.0. The van der Waals surface area contributed by atoms with E-state index in [1.54, 1.807) is 6.08 Å². The minimum atomic E-state index is -2.83. The Morgan fingerprint density at radius 3 is 2.62 bits per heavy atom. The lowest BCUT2D eigenvalue weighted by atomic mass is 9.94. The molecule has 0 atom stereocenters. The summed E-state index contributed by atoms with van der Waals surface area (Å²) in [6.45, 7) is 13.0. The summed E-state index contributed by atoms with van der Waals surface area (Å²) < 4.78 is 30.6. The normalized spacial score (nSPS) is 16.2. The number of carbonyl (C=O) groups excluding carboxylic acids is 1. The van der Waals surface area contributed by atoms with Gasteiger partial charge in [-0.3, -0.25) is 4.79 Å². The van der Waals surface area contributed by atoms with Crippen LogP contribution in [0, 0.1) is 12.8 Å². The number of aromatic nitrogens is 2. The van der Waals surface area contributed by atoms with Crippen LogP contribution in [0.2, 0.25) is 0 Å². The third-order valence-corrected chi connectivity index (χ3v) is 6.01. The number of piperidine rings is 1. The number of aryl methyl sites for hydroxylation is 1. The molecular formula is C26H32F2N4O2. The first kappa shape index (κ1) is 25.5. The van der Waals surface area contributed by atoms with Gasteiger partial charge >= 0.3 is 6.43 Å². The molecule has 1 saturated heterocycles. The molecule has 2 heterocycles. The van der Waals surface area contributed by atoms with E-state index in [2.05, 4.69) is 28.6 Å². The molecule has 6 nitrogen and oxygen atoms in total. The van der Waals surface area contributed by atoms with Crippen LogP contribution < -0.4 is 4.90 Å². The highest BCUT2D eigenvalue weighted by Crippen LogP contribution is 2.26. The molecule has 1 amide bonds. The smallest absolute Gasteiger partial charge is 0.314 e. The highest BCUT2D eigenvalue weighted by Gasteiger charge is 2.29. The van der Waals surface area contributed by atoms with Gasteiger partial charge in [-0.1, -0.05) is 43.4 Å². The van der Waals surface area contributed by atoms with Crippen LogP contribution in [0.3, 0.4) is 0 Å². The second-order valence-corrected chi connectivity index (χ2v) is 8.56. The van der Waals surface area contributed by atoms with Crippen LogP contribution in [0.1, 0.15) is 50.5 Å². The molecule has 8 heteroatoms. The van der Waals surface area contributed by atoms with Crippen molar-refractivity contribution in [2.45, 2.75) is 40.0 Å². The molecule has 0 unspecified atom stereocenters. The Morgan fingerprint density at radius 2 is 2.03 bits per heavy atom. The fourth-order valence-electron chi connectivity index (χ4n) is 4.01. The second-order valence-electron chi connectivity index (χ2n) is 8.56. The fraction of sp³-hybridized carbons (Fsp3) is 0.423. The highest BCUT2D eigenvalue weighted by atomic mass is 19.3. The summed E-state index contributed by atoms with van der Waals surface area (Å²) in [5.41, 5.74) is 3.28. The Bertz CT molecular complexity index is 1050. The number of alkyl halides is 2. The van der Waals surface area contributed by atoms with Gasteiger partial charge in [0, 0.05) is 23.7 Å². The number of hydrogen-bond acceptors (Lipinski definition) is 5. The minimum Gasteiger partial charge on any atom is -0.415 e. The molecule has 1 aromatic heterocycles. The van der Waals surface area contributed by atoms with E-state index < -0.39 is 12.3 Å². The van der Waals surface area contributed by atoms with Gasteiger partial charge in [-0.05, 0) is 70.1 Å². The minimum absolute atomic E-state index is 0.0125. The Kier molecular flexibility index (Phi) is 8.87. The SMILES string of the molecule is C=C/C(=C\C=C(/C)CN(C(=O)C1CCN(CC)CC1)c1cccc(C)c1)c1nnc(C(F)F)o1. The number of allylic oxidation sites excluding steroid dienone is 4. The van der Waals surface area contributed by atoms with Gasteiger partial charge in [-0.15, -0.1) is 10.2 Å². The maximum atomic E-state index is 13.6. The average Bonchev–Trinajstić information content (AvgIpc) is 3.33. The number of hydrogen-bond donors (Lipinski definition) is 0. The predicted molar refractivity (Wildman–Crippen MR) is 130 cm³/mol. The molecule has 2 aromatic rings. The van der Waals surface area contributed by atoms with E-state index in [1.807, 2.05) is 49.1 Å². The molecule has 1 aromatic carbocycles. The summed E-state index contributed by atoms with van der Waals surface area (Å²) in [4.78, 5) is 17.8. The van der Waals surface area contributed by atoms with Gasteiger partial charge in [0.1, 0.15) is 0 Å². The summed E-state index contributed by atoms with van der Waals surface area (Å²) in [5, 5.41) is 7.04. The van der Waals surface area contributed by atoms with Crippen molar-refractivity contribution in [3.63, 3.8) is 0 Å². The first-order valence-electron chi connectivity index (χ1n) is 11.5. The summed E-state index contributed by atoms with van der Waals surface area (Å²) >= 11 is 0. The summed E-state index contributed by atoms with van der Waals surface area (Å²) in [5.74, 6) is -0.639.